The highest BCUT2D eigenvalue weighted by molar-refractivity contribution is 6.31. The summed E-state index contributed by atoms with van der Waals surface area (Å²) in [5, 5.41) is 0.692. The first-order valence-electron chi connectivity index (χ1n) is 4.58. The van der Waals surface area contributed by atoms with Gasteiger partial charge in [0, 0.05) is 17.8 Å². The zero-order valence-electron chi connectivity index (χ0n) is 8.46. The van der Waals surface area contributed by atoms with Gasteiger partial charge < -0.3 is 10.5 Å². The van der Waals surface area contributed by atoms with Crippen LogP contribution in [0.2, 0.25) is 5.02 Å². The number of nitrogens with zero attached hydrogens (tertiary/aromatic N) is 1. The number of methoxy groups -OCH3 is 1. The molecule has 0 fully saturated rings. The molecule has 3 nitrogen and oxygen atoms in total. The second kappa shape index (κ2) is 5.17. The van der Waals surface area contributed by atoms with E-state index in [9.17, 15) is 0 Å². The van der Waals surface area contributed by atoms with E-state index >= 15 is 0 Å². The lowest BCUT2D eigenvalue weighted by atomic mass is 10.1. The first kappa shape index (κ1) is 11.3. The quantitative estimate of drug-likeness (QED) is 0.835. The second-order valence-electron chi connectivity index (χ2n) is 3.30. The largest absolute Gasteiger partial charge is 0.481 e. The number of ether oxygens (including phenoxy) is 1. The van der Waals surface area contributed by atoms with Crippen LogP contribution in [0, 0.1) is 0 Å². The van der Waals surface area contributed by atoms with Gasteiger partial charge in [0.15, 0.2) is 0 Å². The fraction of sp³-hybridized carbons (Fsp3) is 0.500. The van der Waals surface area contributed by atoms with Crippen molar-refractivity contribution in [1.82, 2.24) is 4.98 Å². The third-order valence-electron chi connectivity index (χ3n) is 2.00. The minimum Gasteiger partial charge on any atom is -0.481 e. The van der Waals surface area contributed by atoms with E-state index < -0.39 is 0 Å². The standard InChI is InChI=1S/C10H15ClN2O/c1-7(12)3-4-8-9(11)5-6-13-10(8)14-2/h5-7H,3-4,12H2,1-2H3/t7-/m1/s1. The monoisotopic (exact) mass is 214 g/mol. The zero-order chi connectivity index (χ0) is 10.6. The van der Waals surface area contributed by atoms with Crippen molar-refractivity contribution in [1.29, 1.82) is 0 Å². The maximum Gasteiger partial charge on any atom is 0.217 e. The van der Waals surface area contributed by atoms with Gasteiger partial charge in [-0.15, -0.1) is 0 Å². The van der Waals surface area contributed by atoms with E-state index in [0.717, 1.165) is 18.4 Å². The molecule has 1 aromatic rings. The Balaban J connectivity index is 2.82. The Morgan fingerprint density at radius 3 is 2.93 bits per heavy atom. The van der Waals surface area contributed by atoms with Gasteiger partial charge in [0.05, 0.1) is 12.1 Å². The molecule has 0 saturated carbocycles. The van der Waals surface area contributed by atoms with Gasteiger partial charge in [-0.3, -0.25) is 0 Å². The Bertz CT molecular complexity index is 302. The van der Waals surface area contributed by atoms with E-state index in [1.807, 2.05) is 6.92 Å². The van der Waals surface area contributed by atoms with E-state index in [-0.39, 0.29) is 6.04 Å². The van der Waals surface area contributed by atoms with Crippen LogP contribution in [-0.4, -0.2) is 18.1 Å². The van der Waals surface area contributed by atoms with Gasteiger partial charge in [0.25, 0.3) is 0 Å². The molecule has 0 aliphatic carbocycles. The van der Waals surface area contributed by atoms with Crippen LogP contribution in [0.15, 0.2) is 12.3 Å². The van der Waals surface area contributed by atoms with E-state index in [0.29, 0.717) is 10.9 Å². The maximum atomic E-state index is 6.03. The van der Waals surface area contributed by atoms with Crippen molar-refractivity contribution in [3.63, 3.8) is 0 Å². The minimum absolute atomic E-state index is 0.163. The lowest BCUT2D eigenvalue weighted by molar-refractivity contribution is 0.391. The molecule has 0 bridgehead atoms. The van der Waals surface area contributed by atoms with Gasteiger partial charge in [0.1, 0.15) is 0 Å². The summed E-state index contributed by atoms with van der Waals surface area (Å²) in [7, 11) is 1.59. The molecule has 4 heteroatoms. The molecule has 0 aliphatic heterocycles. The van der Waals surface area contributed by atoms with E-state index in [4.69, 9.17) is 22.1 Å². The fourth-order valence-corrected chi connectivity index (χ4v) is 1.46. The van der Waals surface area contributed by atoms with Crippen LogP contribution in [0.4, 0.5) is 0 Å². The summed E-state index contributed by atoms with van der Waals surface area (Å²) < 4.78 is 5.12. The van der Waals surface area contributed by atoms with Crippen LogP contribution in [0.5, 0.6) is 5.88 Å². The summed E-state index contributed by atoms with van der Waals surface area (Å²) in [6, 6.07) is 1.93. The Kier molecular flexibility index (Phi) is 4.17. The molecule has 1 heterocycles. The highest BCUT2D eigenvalue weighted by Gasteiger charge is 2.09. The summed E-state index contributed by atoms with van der Waals surface area (Å²) in [6.07, 6.45) is 3.31. The smallest absolute Gasteiger partial charge is 0.217 e. The SMILES string of the molecule is COc1nccc(Cl)c1CC[C@@H](C)N. The predicted octanol–water partition coefficient (Wildman–Crippen LogP) is 2.02. The van der Waals surface area contributed by atoms with Crippen molar-refractivity contribution >= 4 is 11.6 Å². The van der Waals surface area contributed by atoms with E-state index in [1.54, 1.807) is 19.4 Å². The van der Waals surface area contributed by atoms with Gasteiger partial charge >= 0.3 is 0 Å². The summed E-state index contributed by atoms with van der Waals surface area (Å²) in [5.74, 6) is 0.596. The molecule has 1 aromatic heterocycles. The van der Waals surface area contributed by atoms with Crippen molar-refractivity contribution in [2.24, 2.45) is 5.73 Å². The lowest BCUT2D eigenvalue weighted by Gasteiger charge is -2.10. The number of pyridine rings is 1. The molecule has 2 N–H and O–H groups in total. The van der Waals surface area contributed by atoms with Gasteiger partial charge in [-0.25, -0.2) is 4.98 Å². The Morgan fingerprint density at radius 2 is 2.36 bits per heavy atom. The van der Waals surface area contributed by atoms with Gasteiger partial charge in [0.2, 0.25) is 5.88 Å². The average Bonchev–Trinajstić information content (AvgIpc) is 2.15. The average molecular weight is 215 g/mol. The highest BCUT2D eigenvalue weighted by Crippen LogP contribution is 2.25. The Hall–Kier alpha value is -0.800. The topological polar surface area (TPSA) is 48.1 Å². The molecule has 0 spiro atoms. The van der Waals surface area contributed by atoms with Crippen molar-refractivity contribution in [3.8, 4) is 5.88 Å². The summed E-state index contributed by atoms with van der Waals surface area (Å²) in [6.45, 7) is 1.97. The number of aromatic nitrogens is 1. The lowest BCUT2D eigenvalue weighted by Crippen LogP contribution is -2.15. The van der Waals surface area contributed by atoms with E-state index in [1.165, 1.54) is 0 Å². The number of halogens is 1. The van der Waals surface area contributed by atoms with Crippen LogP contribution >= 0.6 is 11.6 Å². The number of nitrogens with two attached hydrogens (primary N) is 1. The van der Waals surface area contributed by atoms with Crippen LogP contribution in [0.1, 0.15) is 18.9 Å². The predicted molar refractivity (Wildman–Crippen MR) is 57.8 cm³/mol. The molecule has 0 aromatic carbocycles. The highest BCUT2D eigenvalue weighted by atomic mass is 35.5. The van der Waals surface area contributed by atoms with Gasteiger partial charge in [-0.05, 0) is 25.8 Å². The van der Waals surface area contributed by atoms with Crippen LogP contribution in [0.25, 0.3) is 0 Å². The Labute approximate surface area is 89.2 Å². The normalized spacial score (nSPS) is 12.6. The molecular formula is C10H15ClN2O. The number of rotatable bonds is 4. The first-order valence-corrected chi connectivity index (χ1v) is 4.96. The van der Waals surface area contributed by atoms with Crippen molar-refractivity contribution in [3.05, 3.63) is 22.8 Å². The summed E-state index contributed by atoms with van der Waals surface area (Å²) in [5.41, 5.74) is 6.62. The summed E-state index contributed by atoms with van der Waals surface area (Å²) >= 11 is 6.03. The molecule has 0 radical (unpaired) electrons. The van der Waals surface area contributed by atoms with Gasteiger partial charge in [-0.2, -0.15) is 0 Å². The first-order chi connectivity index (χ1) is 6.65. The molecule has 0 aliphatic rings. The van der Waals surface area contributed by atoms with Crippen LogP contribution in [0.3, 0.4) is 0 Å². The molecule has 1 atom stereocenters. The van der Waals surface area contributed by atoms with Gasteiger partial charge in [-0.1, -0.05) is 11.6 Å². The van der Waals surface area contributed by atoms with Crippen molar-refractivity contribution < 1.29 is 4.74 Å². The molecule has 0 unspecified atom stereocenters. The number of hydrogen-bond acceptors (Lipinski definition) is 3. The third-order valence-corrected chi connectivity index (χ3v) is 2.36. The molecule has 14 heavy (non-hydrogen) atoms. The number of hydrogen-bond donors (Lipinski definition) is 1. The molecule has 0 saturated heterocycles. The van der Waals surface area contributed by atoms with E-state index in [2.05, 4.69) is 4.98 Å². The zero-order valence-corrected chi connectivity index (χ0v) is 9.21. The fourth-order valence-electron chi connectivity index (χ4n) is 1.23. The van der Waals surface area contributed by atoms with Crippen molar-refractivity contribution in [2.75, 3.05) is 7.11 Å². The molecule has 1 rings (SSSR count). The van der Waals surface area contributed by atoms with Crippen LogP contribution in [-0.2, 0) is 6.42 Å². The van der Waals surface area contributed by atoms with Crippen molar-refractivity contribution in [2.45, 2.75) is 25.8 Å². The summed E-state index contributed by atoms with van der Waals surface area (Å²) in [4.78, 5) is 4.09. The second-order valence-corrected chi connectivity index (χ2v) is 3.70. The molecule has 0 amide bonds. The third kappa shape index (κ3) is 2.86. The maximum absolute atomic E-state index is 6.03. The van der Waals surface area contributed by atoms with Crippen LogP contribution < -0.4 is 10.5 Å². The Morgan fingerprint density at radius 1 is 1.64 bits per heavy atom. The minimum atomic E-state index is 0.163. The molecular weight excluding hydrogens is 200 g/mol. The molecule has 78 valence electrons.